The van der Waals surface area contributed by atoms with Gasteiger partial charge in [0.25, 0.3) is 0 Å². The van der Waals surface area contributed by atoms with Gasteiger partial charge in [-0.05, 0) is 61.4 Å². The normalized spacial score (nSPS) is 10.0. The van der Waals surface area contributed by atoms with E-state index in [0.29, 0.717) is 42.3 Å². The van der Waals surface area contributed by atoms with E-state index in [9.17, 15) is 14.4 Å². The third-order valence-electron chi connectivity index (χ3n) is 3.91. The molecule has 0 unspecified atom stereocenters. The predicted molar refractivity (Wildman–Crippen MR) is 110 cm³/mol. The molecule has 158 valence electrons. The van der Waals surface area contributed by atoms with Crippen LogP contribution in [-0.2, 0) is 14.3 Å². The van der Waals surface area contributed by atoms with Gasteiger partial charge < -0.3 is 18.9 Å². The molecule has 2 aromatic rings. The standard InChI is InChI=1S/C23H24O7/c1-2-22(25)29-14-4-3-13-27-21-11-7-19(8-12-21)23(26)30-16-15-28-20-9-5-18(17-24)6-10-20/h2,5-12,17H,1,3-4,13-16H2. The summed E-state index contributed by atoms with van der Waals surface area (Å²) in [6.07, 6.45) is 3.30. The molecule has 0 saturated carbocycles. The molecular weight excluding hydrogens is 388 g/mol. The number of carbonyl (C=O) groups excluding carboxylic acids is 3. The number of hydrogen-bond acceptors (Lipinski definition) is 7. The van der Waals surface area contributed by atoms with Crippen molar-refractivity contribution in [1.29, 1.82) is 0 Å². The van der Waals surface area contributed by atoms with E-state index in [1.54, 1.807) is 48.5 Å². The molecule has 2 aromatic carbocycles. The molecule has 0 atom stereocenters. The third-order valence-corrected chi connectivity index (χ3v) is 3.91. The molecule has 0 aromatic heterocycles. The second-order valence-corrected chi connectivity index (χ2v) is 6.12. The van der Waals surface area contributed by atoms with Crippen LogP contribution >= 0.6 is 0 Å². The number of unbranched alkanes of at least 4 members (excludes halogenated alkanes) is 1. The van der Waals surface area contributed by atoms with Crippen molar-refractivity contribution in [2.45, 2.75) is 12.8 Å². The van der Waals surface area contributed by atoms with Crippen LogP contribution in [0.15, 0.2) is 61.2 Å². The Morgan fingerprint density at radius 2 is 1.37 bits per heavy atom. The summed E-state index contributed by atoms with van der Waals surface area (Å²) in [5.41, 5.74) is 0.976. The first-order valence-electron chi connectivity index (χ1n) is 9.49. The van der Waals surface area contributed by atoms with Gasteiger partial charge in [0.2, 0.25) is 0 Å². The van der Waals surface area contributed by atoms with Crippen molar-refractivity contribution < 1.29 is 33.3 Å². The Bertz CT molecular complexity index is 826. The number of rotatable bonds is 13. The summed E-state index contributed by atoms with van der Waals surface area (Å²) in [5.74, 6) is 0.345. The number of carbonyl (C=O) groups is 3. The molecule has 30 heavy (non-hydrogen) atoms. The summed E-state index contributed by atoms with van der Waals surface area (Å²) in [4.78, 5) is 33.6. The number of esters is 2. The van der Waals surface area contributed by atoms with Gasteiger partial charge in [0.15, 0.2) is 0 Å². The maximum absolute atomic E-state index is 12.1. The smallest absolute Gasteiger partial charge is 0.338 e. The van der Waals surface area contributed by atoms with Gasteiger partial charge in [0.05, 0.1) is 18.8 Å². The lowest BCUT2D eigenvalue weighted by Gasteiger charge is -2.09. The molecule has 7 heteroatoms. The minimum absolute atomic E-state index is 0.100. The molecule has 0 fully saturated rings. The second kappa shape index (κ2) is 12.8. The molecule has 0 aliphatic rings. The van der Waals surface area contributed by atoms with Crippen molar-refractivity contribution in [3.63, 3.8) is 0 Å². The Hall–Kier alpha value is -3.61. The van der Waals surface area contributed by atoms with E-state index >= 15 is 0 Å². The zero-order valence-corrected chi connectivity index (χ0v) is 16.6. The average Bonchev–Trinajstić information content (AvgIpc) is 2.79. The molecule has 0 bridgehead atoms. The first-order chi connectivity index (χ1) is 14.6. The average molecular weight is 412 g/mol. The summed E-state index contributed by atoms with van der Waals surface area (Å²) in [7, 11) is 0. The van der Waals surface area contributed by atoms with Gasteiger partial charge >= 0.3 is 11.9 Å². The fourth-order valence-corrected chi connectivity index (χ4v) is 2.33. The Balaban J connectivity index is 1.62. The SMILES string of the molecule is C=CC(=O)OCCCCOc1ccc(C(=O)OCCOc2ccc(C=O)cc2)cc1. The van der Waals surface area contributed by atoms with Crippen LogP contribution in [0, 0.1) is 0 Å². The van der Waals surface area contributed by atoms with Crippen LogP contribution in [0.4, 0.5) is 0 Å². The van der Waals surface area contributed by atoms with Crippen molar-refractivity contribution in [3.05, 3.63) is 72.3 Å². The number of benzene rings is 2. The Morgan fingerprint density at radius 1 is 0.767 bits per heavy atom. The van der Waals surface area contributed by atoms with Crippen LogP contribution in [0.3, 0.4) is 0 Å². The van der Waals surface area contributed by atoms with E-state index in [0.717, 1.165) is 18.8 Å². The highest BCUT2D eigenvalue weighted by molar-refractivity contribution is 5.89. The van der Waals surface area contributed by atoms with Crippen molar-refractivity contribution in [2.75, 3.05) is 26.4 Å². The van der Waals surface area contributed by atoms with Gasteiger partial charge in [-0.3, -0.25) is 4.79 Å². The summed E-state index contributed by atoms with van der Waals surface area (Å²) >= 11 is 0. The summed E-state index contributed by atoms with van der Waals surface area (Å²) in [6, 6.07) is 13.3. The second-order valence-electron chi connectivity index (χ2n) is 6.12. The summed E-state index contributed by atoms with van der Waals surface area (Å²) in [5, 5.41) is 0. The van der Waals surface area contributed by atoms with Crippen LogP contribution in [-0.4, -0.2) is 44.7 Å². The van der Waals surface area contributed by atoms with Gasteiger partial charge in [-0.2, -0.15) is 0 Å². The molecule has 0 amide bonds. The summed E-state index contributed by atoms with van der Waals surface area (Å²) < 4.78 is 21.1. The first kappa shape index (κ1) is 22.7. The van der Waals surface area contributed by atoms with Crippen LogP contribution in [0.5, 0.6) is 11.5 Å². The maximum atomic E-state index is 12.1. The van der Waals surface area contributed by atoms with Gasteiger partial charge in [-0.1, -0.05) is 6.58 Å². The molecule has 0 saturated heterocycles. The molecule has 7 nitrogen and oxygen atoms in total. The highest BCUT2D eigenvalue weighted by atomic mass is 16.6. The number of aldehydes is 1. The van der Waals surface area contributed by atoms with Crippen molar-refractivity contribution in [3.8, 4) is 11.5 Å². The van der Waals surface area contributed by atoms with Gasteiger partial charge in [0, 0.05) is 11.6 Å². The lowest BCUT2D eigenvalue weighted by molar-refractivity contribution is -0.137. The van der Waals surface area contributed by atoms with Gasteiger partial charge in [-0.25, -0.2) is 9.59 Å². The van der Waals surface area contributed by atoms with E-state index in [1.807, 2.05) is 0 Å². The van der Waals surface area contributed by atoms with E-state index in [1.165, 1.54) is 0 Å². The van der Waals surface area contributed by atoms with E-state index < -0.39 is 11.9 Å². The third kappa shape index (κ3) is 8.18. The molecule has 0 spiro atoms. The lowest BCUT2D eigenvalue weighted by atomic mass is 10.2. The van der Waals surface area contributed by atoms with Crippen LogP contribution in [0.2, 0.25) is 0 Å². The Morgan fingerprint density at radius 3 is 2.00 bits per heavy atom. The number of ether oxygens (including phenoxy) is 4. The van der Waals surface area contributed by atoms with Gasteiger partial charge in [-0.15, -0.1) is 0 Å². The fourth-order valence-electron chi connectivity index (χ4n) is 2.33. The quantitative estimate of drug-likeness (QED) is 0.215. The Labute approximate surface area is 175 Å². The number of hydrogen-bond donors (Lipinski definition) is 0. The molecule has 0 N–H and O–H groups in total. The fraction of sp³-hybridized carbons (Fsp3) is 0.261. The molecular formula is C23H24O7. The zero-order chi connectivity index (χ0) is 21.6. The van der Waals surface area contributed by atoms with Gasteiger partial charge in [0.1, 0.15) is 31.0 Å². The molecule has 0 radical (unpaired) electrons. The molecule has 0 aliphatic heterocycles. The minimum atomic E-state index is -0.453. The largest absolute Gasteiger partial charge is 0.494 e. The molecule has 0 heterocycles. The maximum Gasteiger partial charge on any atom is 0.338 e. The van der Waals surface area contributed by atoms with Crippen molar-refractivity contribution in [2.24, 2.45) is 0 Å². The molecule has 2 rings (SSSR count). The van der Waals surface area contributed by atoms with E-state index in [-0.39, 0.29) is 13.2 Å². The monoisotopic (exact) mass is 412 g/mol. The van der Waals surface area contributed by atoms with Crippen molar-refractivity contribution >= 4 is 18.2 Å². The summed E-state index contributed by atoms with van der Waals surface area (Å²) in [6.45, 7) is 4.43. The van der Waals surface area contributed by atoms with E-state index in [2.05, 4.69) is 6.58 Å². The highest BCUT2D eigenvalue weighted by Crippen LogP contribution is 2.14. The first-order valence-corrected chi connectivity index (χ1v) is 9.49. The van der Waals surface area contributed by atoms with Crippen LogP contribution in [0.1, 0.15) is 33.6 Å². The topological polar surface area (TPSA) is 88.1 Å². The molecule has 0 aliphatic carbocycles. The zero-order valence-electron chi connectivity index (χ0n) is 16.6. The van der Waals surface area contributed by atoms with Crippen molar-refractivity contribution in [1.82, 2.24) is 0 Å². The lowest BCUT2D eigenvalue weighted by Crippen LogP contribution is -2.12. The minimum Gasteiger partial charge on any atom is -0.494 e. The predicted octanol–water partition coefficient (Wildman–Crippen LogP) is 3.62. The van der Waals surface area contributed by atoms with Crippen LogP contribution in [0.25, 0.3) is 0 Å². The van der Waals surface area contributed by atoms with Crippen LogP contribution < -0.4 is 9.47 Å². The Kier molecular flexibility index (Phi) is 9.65. The van der Waals surface area contributed by atoms with E-state index in [4.69, 9.17) is 18.9 Å². The highest BCUT2D eigenvalue weighted by Gasteiger charge is 2.07.